The Labute approximate surface area is 129 Å². The van der Waals surface area contributed by atoms with Gasteiger partial charge >= 0.3 is 0 Å². The van der Waals surface area contributed by atoms with Crippen LogP contribution in [-0.4, -0.2) is 5.76 Å². The summed E-state index contributed by atoms with van der Waals surface area (Å²) in [7, 11) is 0. The van der Waals surface area contributed by atoms with Crippen molar-refractivity contribution in [2.75, 3.05) is 5.32 Å². The first-order valence-electron chi connectivity index (χ1n) is 5.71. The molecule has 0 saturated heterocycles. The molecule has 0 saturated carbocycles. The van der Waals surface area contributed by atoms with Crippen LogP contribution in [0.1, 0.15) is 11.5 Å². The minimum Gasteiger partial charge on any atom is -0.463 e. The third-order valence-electron chi connectivity index (χ3n) is 2.46. The van der Waals surface area contributed by atoms with Gasteiger partial charge < -0.3 is 9.73 Å². The first-order valence-corrected chi connectivity index (χ1v) is 7.51. The topological polar surface area (TPSA) is 25.2 Å². The molecule has 7 heteroatoms. The Kier molecular flexibility index (Phi) is 5.57. The maximum absolute atomic E-state index is 12.1. The lowest BCUT2D eigenvalue weighted by Gasteiger charge is -2.05. The second kappa shape index (κ2) is 7.20. The molecule has 2 aromatic rings. The van der Waals surface area contributed by atoms with Gasteiger partial charge in [0.1, 0.15) is 11.5 Å². The van der Waals surface area contributed by atoms with E-state index in [0.717, 1.165) is 5.69 Å². The number of halogens is 4. The Balaban J connectivity index is 1.89. The van der Waals surface area contributed by atoms with Crippen LogP contribution in [0.2, 0.25) is 10.0 Å². The van der Waals surface area contributed by atoms with E-state index in [0.29, 0.717) is 39.9 Å². The summed E-state index contributed by atoms with van der Waals surface area (Å²) in [6, 6.07) is 8.65. The molecule has 1 N–H and O–H groups in total. The minimum absolute atomic E-state index is 0.157. The fourth-order valence-electron chi connectivity index (χ4n) is 1.54. The Hall–Kier alpha value is -0.910. The number of thioether (sulfide) groups is 1. The Morgan fingerprint density at radius 2 is 1.85 bits per heavy atom. The van der Waals surface area contributed by atoms with Crippen molar-refractivity contribution in [2.45, 2.75) is 18.1 Å². The lowest BCUT2D eigenvalue weighted by molar-refractivity contribution is 0.251. The molecule has 108 valence electrons. The monoisotopic (exact) mass is 337 g/mol. The van der Waals surface area contributed by atoms with Crippen LogP contribution in [0, 0.1) is 0 Å². The molecule has 0 radical (unpaired) electrons. The van der Waals surface area contributed by atoms with E-state index < -0.39 is 5.76 Å². The molecule has 0 fully saturated rings. The summed E-state index contributed by atoms with van der Waals surface area (Å²) in [4.78, 5) is 0. The number of benzene rings is 1. The van der Waals surface area contributed by atoms with Crippen molar-refractivity contribution < 1.29 is 13.2 Å². The van der Waals surface area contributed by atoms with Crippen molar-refractivity contribution in [3.8, 4) is 0 Å². The van der Waals surface area contributed by atoms with Crippen molar-refractivity contribution in [3.63, 3.8) is 0 Å². The van der Waals surface area contributed by atoms with Crippen LogP contribution in [-0.2, 0) is 12.3 Å². The van der Waals surface area contributed by atoms with Crippen LogP contribution in [0.5, 0.6) is 0 Å². The molecule has 0 aliphatic carbocycles. The Bertz CT molecular complexity index is 577. The molecule has 0 unspecified atom stereocenters. The van der Waals surface area contributed by atoms with Crippen molar-refractivity contribution in [1.82, 2.24) is 0 Å². The fraction of sp³-hybridized carbons (Fsp3) is 0.231. The zero-order valence-corrected chi connectivity index (χ0v) is 12.5. The van der Waals surface area contributed by atoms with Gasteiger partial charge in [0.05, 0.1) is 22.3 Å². The highest BCUT2D eigenvalue weighted by atomic mass is 35.5. The third kappa shape index (κ3) is 4.58. The molecule has 1 aromatic heterocycles. The van der Waals surface area contributed by atoms with Gasteiger partial charge in [-0.05, 0) is 30.3 Å². The van der Waals surface area contributed by atoms with Gasteiger partial charge in [0.15, 0.2) is 0 Å². The summed E-state index contributed by atoms with van der Waals surface area (Å²) in [5, 5.41) is 4.07. The lowest BCUT2D eigenvalue weighted by atomic mass is 10.3. The molecule has 2 rings (SSSR count). The highest BCUT2D eigenvalue weighted by molar-refractivity contribution is 7.98. The number of rotatable bonds is 6. The molecular formula is C13H11Cl2F2NOS. The summed E-state index contributed by atoms with van der Waals surface area (Å²) < 4.78 is 29.5. The number of hydrogen-bond acceptors (Lipinski definition) is 3. The van der Waals surface area contributed by atoms with Gasteiger partial charge in [-0.1, -0.05) is 35.0 Å². The quantitative estimate of drug-likeness (QED) is 0.736. The number of hydrogen-bond donors (Lipinski definition) is 1. The van der Waals surface area contributed by atoms with Gasteiger partial charge in [-0.15, -0.1) is 0 Å². The van der Waals surface area contributed by atoms with Gasteiger partial charge in [-0.25, -0.2) is 0 Å². The van der Waals surface area contributed by atoms with Gasteiger partial charge in [0.2, 0.25) is 0 Å². The van der Waals surface area contributed by atoms with E-state index in [4.69, 9.17) is 27.6 Å². The van der Waals surface area contributed by atoms with E-state index in [1.54, 1.807) is 30.3 Å². The lowest BCUT2D eigenvalue weighted by Crippen LogP contribution is -1.97. The summed E-state index contributed by atoms with van der Waals surface area (Å²) in [6.45, 7) is 0.442. The summed E-state index contributed by atoms with van der Waals surface area (Å²) in [6.07, 6.45) is 0. The van der Waals surface area contributed by atoms with E-state index in [2.05, 4.69) is 5.32 Å². The SMILES string of the molecule is FC(F)SCc1ccc(CNc2ccc(Cl)c(Cl)c2)o1. The number of furan rings is 1. The van der Waals surface area contributed by atoms with E-state index >= 15 is 0 Å². The zero-order chi connectivity index (χ0) is 14.5. The molecule has 0 bridgehead atoms. The van der Waals surface area contributed by atoms with Crippen molar-refractivity contribution in [2.24, 2.45) is 0 Å². The highest BCUT2D eigenvalue weighted by Gasteiger charge is 2.07. The number of alkyl halides is 2. The van der Waals surface area contributed by atoms with Crippen LogP contribution in [0.15, 0.2) is 34.7 Å². The Morgan fingerprint density at radius 3 is 2.55 bits per heavy atom. The largest absolute Gasteiger partial charge is 0.463 e. The van der Waals surface area contributed by atoms with Crippen LogP contribution >= 0.6 is 35.0 Å². The highest BCUT2D eigenvalue weighted by Crippen LogP contribution is 2.26. The number of nitrogens with one attached hydrogen (secondary N) is 1. The third-order valence-corrected chi connectivity index (χ3v) is 3.90. The molecule has 0 amide bonds. The fourth-order valence-corrected chi connectivity index (χ4v) is 2.28. The molecule has 1 aromatic carbocycles. The standard InChI is InChI=1S/C13H11Cl2F2NOS/c14-11-4-1-8(5-12(11)15)18-6-9-2-3-10(19-9)7-20-13(16)17/h1-5,13,18H,6-7H2. The van der Waals surface area contributed by atoms with E-state index in [1.165, 1.54) is 0 Å². The maximum Gasteiger partial charge on any atom is 0.284 e. The van der Waals surface area contributed by atoms with Crippen LogP contribution < -0.4 is 5.32 Å². The molecular weight excluding hydrogens is 327 g/mol. The van der Waals surface area contributed by atoms with Crippen LogP contribution in [0.3, 0.4) is 0 Å². The van der Waals surface area contributed by atoms with Gasteiger partial charge in [-0.3, -0.25) is 0 Å². The van der Waals surface area contributed by atoms with E-state index in [1.807, 2.05) is 0 Å². The molecule has 0 atom stereocenters. The average molecular weight is 338 g/mol. The minimum atomic E-state index is -2.39. The second-order valence-corrected chi connectivity index (χ2v) is 5.71. The smallest absolute Gasteiger partial charge is 0.284 e. The molecule has 0 spiro atoms. The summed E-state index contributed by atoms with van der Waals surface area (Å²) in [5.41, 5.74) is 0.805. The molecule has 20 heavy (non-hydrogen) atoms. The van der Waals surface area contributed by atoms with Crippen molar-refractivity contribution >= 4 is 40.7 Å². The summed E-state index contributed by atoms with van der Waals surface area (Å²) >= 11 is 12.3. The molecule has 0 aliphatic rings. The first kappa shape index (κ1) is 15.5. The number of anilines is 1. The second-order valence-electron chi connectivity index (χ2n) is 3.92. The van der Waals surface area contributed by atoms with Crippen LogP contribution in [0.4, 0.5) is 14.5 Å². The average Bonchev–Trinajstić information content (AvgIpc) is 2.86. The zero-order valence-electron chi connectivity index (χ0n) is 10.2. The predicted molar refractivity (Wildman–Crippen MR) is 79.8 cm³/mol. The maximum atomic E-state index is 12.1. The van der Waals surface area contributed by atoms with Crippen molar-refractivity contribution in [1.29, 1.82) is 0 Å². The Morgan fingerprint density at radius 1 is 1.10 bits per heavy atom. The van der Waals surface area contributed by atoms with Gasteiger partial charge in [0.25, 0.3) is 5.76 Å². The molecule has 2 nitrogen and oxygen atoms in total. The van der Waals surface area contributed by atoms with E-state index in [-0.39, 0.29) is 5.75 Å². The first-order chi connectivity index (χ1) is 9.54. The summed E-state index contributed by atoms with van der Waals surface area (Å²) in [5.74, 6) is -1.04. The van der Waals surface area contributed by atoms with Gasteiger partial charge in [-0.2, -0.15) is 8.78 Å². The predicted octanol–water partition coefficient (Wildman–Crippen LogP) is 5.65. The molecule has 0 aliphatic heterocycles. The van der Waals surface area contributed by atoms with E-state index in [9.17, 15) is 8.78 Å². The van der Waals surface area contributed by atoms with Gasteiger partial charge in [0, 0.05) is 5.69 Å². The molecule has 1 heterocycles. The van der Waals surface area contributed by atoms with Crippen molar-refractivity contribution in [3.05, 3.63) is 51.9 Å². The normalized spacial score (nSPS) is 11.1. The van der Waals surface area contributed by atoms with Crippen LogP contribution in [0.25, 0.3) is 0 Å².